The molecule has 1 aromatic carbocycles. The van der Waals surface area contributed by atoms with Gasteiger partial charge in [0.25, 0.3) is 0 Å². The molecule has 0 fully saturated rings. The Hall–Kier alpha value is -2.48. The van der Waals surface area contributed by atoms with Crippen molar-refractivity contribution in [2.45, 2.75) is 24.4 Å². The molecule has 138 valence electrons. The molecule has 3 rings (SSSR count). The Kier molecular flexibility index (Phi) is 5.22. The minimum Gasteiger partial charge on any atom is -0.478 e. The van der Waals surface area contributed by atoms with Gasteiger partial charge in [-0.3, -0.25) is 0 Å². The minimum absolute atomic E-state index is 0.0821. The van der Waals surface area contributed by atoms with Crippen LogP contribution in [0.25, 0.3) is 11.1 Å². The summed E-state index contributed by atoms with van der Waals surface area (Å²) in [7, 11) is -1.15. The van der Waals surface area contributed by atoms with Crippen LogP contribution < -0.4 is 10.5 Å². The van der Waals surface area contributed by atoms with E-state index in [4.69, 9.17) is 10.5 Å². The van der Waals surface area contributed by atoms with Crippen LogP contribution in [0.15, 0.2) is 58.0 Å². The van der Waals surface area contributed by atoms with Gasteiger partial charge in [-0.2, -0.15) is 13.2 Å². The van der Waals surface area contributed by atoms with Crippen LogP contribution in [0.3, 0.4) is 0 Å². The maximum Gasteiger partial charge on any atom is 0.417 e. The summed E-state index contributed by atoms with van der Waals surface area (Å²) in [5.41, 5.74) is 5.57. The lowest BCUT2D eigenvalue weighted by molar-refractivity contribution is -0.137. The van der Waals surface area contributed by atoms with Crippen LogP contribution in [0.2, 0.25) is 0 Å². The molecule has 0 bridgehead atoms. The molecule has 0 amide bonds. The number of pyridine rings is 1. The normalized spacial score (nSPS) is 18.0. The Labute approximate surface area is 152 Å². The maximum atomic E-state index is 13.7. The first-order chi connectivity index (χ1) is 12.4. The van der Waals surface area contributed by atoms with Crippen molar-refractivity contribution in [2.24, 2.45) is 10.7 Å². The van der Waals surface area contributed by atoms with Gasteiger partial charge in [-0.1, -0.05) is 13.0 Å². The molecular weight excluding hydrogens is 363 g/mol. The summed E-state index contributed by atoms with van der Waals surface area (Å²) in [4.78, 5) is 8.50. The molecule has 0 spiro atoms. The van der Waals surface area contributed by atoms with Crippen molar-refractivity contribution in [1.82, 2.24) is 4.98 Å². The van der Waals surface area contributed by atoms with Crippen molar-refractivity contribution >= 4 is 16.1 Å². The lowest BCUT2D eigenvalue weighted by Gasteiger charge is -2.19. The fraction of sp³-hybridized carbons (Fsp3) is 0.222. The van der Waals surface area contributed by atoms with Gasteiger partial charge in [-0.05, 0) is 46.1 Å². The second-order valence-corrected chi connectivity index (χ2v) is 7.63. The third-order valence-corrected chi connectivity index (χ3v) is 5.63. The number of thiol groups is 1. The van der Waals surface area contributed by atoms with Crippen molar-refractivity contribution in [3.63, 3.8) is 0 Å². The Morgan fingerprint density at radius 1 is 1.19 bits per heavy atom. The smallest absolute Gasteiger partial charge is 0.417 e. The molecule has 0 saturated heterocycles. The number of nitrogens with two attached hydrogens (primary N) is 1. The molecular formula is C18H18F3N3OS. The quantitative estimate of drug-likeness (QED) is 0.737. The van der Waals surface area contributed by atoms with Gasteiger partial charge in [0.2, 0.25) is 5.88 Å². The van der Waals surface area contributed by atoms with E-state index in [1.54, 1.807) is 17.5 Å². The fourth-order valence-electron chi connectivity index (χ4n) is 2.56. The van der Waals surface area contributed by atoms with E-state index in [2.05, 4.69) is 9.98 Å². The second kappa shape index (κ2) is 7.41. The molecule has 2 heterocycles. The predicted octanol–water partition coefficient (Wildman–Crippen LogP) is 4.72. The highest BCUT2D eigenvalue weighted by Gasteiger charge is 2.34. The topological polar surface area (TPSA) is 60.5 Å². The van der Waals surface area contributed by atoms with E-state index in [1.165, 1.54) is 24.5 Å². The van der Waals surface area contributed by atoms with E-state index in [0.29, 0.717) is 28.1 Å². The van der Waals surface area contributed by atoms with E-state index in [0.717, 1.165) is 12.5 Å². The molecule has 0 radical (unpaired) electrons. The number of ether oxygens (including phenoxy) is 1. The zero-order valence-corrected chi connectivity index (χ0v) is 14.9. The molecule has 0 aliphatic carbocycles. The van der Waals surface area contributed by atoms with Crippen LogP contribution in [0.1, 0.15) is 18.9 Å². The summed E-state index contributed by atoms with van der Waals surface area (Å²) in [6, 6.07) is 7.36. The summed E-state index contributed by atoms with van der Waals surface area (Å²) in [6.07, 6.45) is -0.733. The zero-order valence-electron chi connectivity index (χ0n) is 14.0. The lowest BCUT2D eigenvalue weighted by Crippen LogP contribution is -2.11. The van der Waals surface area contributed by atoms with E-state index in [9.17, 15) is 13.2 Å². The van der Waals surface area contributed by atoms with Crippen molar-refractivity contribution in [3.8, 4) is 17.0 Å². The largest absolute Gasteiger partial charge is 0.478 e. The van der Waals surface area contributed by atoms with Gasteiger partial charge in [-0.25, -0.2) is 9.98 Å². The number of aliphatic imine (C=N–C) groups is 1. The van der Waals surface area contributed by atoms with Crippen LogP contribution in [-0.4, -0.2) is 16.8 Å². The highest BCUT2D eigenvalue weighted by molar-refractivity contribution is 8.32. The summed E-state index contributed by atoms with van der Waals surface area (Å²) in [5.74, 6) is 0.307. The van der Waals surface area contributed by atoms with Crippen LogP contribution in [0.4, 0.5) is 13.2 Å². The number of hydrogen-bond acceptors (Lipinski definition) is 4. The summed E-state index contributed by atoms with van der Waals surface area (Å²) in [5, 5.41) is 2.09. The van der Waals surface area contributed by atoms with Gasteiger partial charge in [0.1, 0.15) is 5.17 Å². The van der Waals surface area contributed by atoms with E-state index < -0.39 is 22.6 Å². The molecule has 4 nitrogen and oxygen atoms in total. The molecule has 2 aromatic rings. The molecule has 8 heteroatoms. The van der Waals surface area contributed by atoms with Crippen molar-refractivity contribution < 1.29 is 17.9 Å². The molecule has 1 aliphatic rings. The fourth-order valence-corrected chi connectivity index (χ4v) is 4.05. The van der Waals surface area contributed by atoms with E-state index in [-0.39, 0.29) is 5.56 Å². The third kappa shape index (κ3) is 3.85. The number of alkyl halides is 3. The number of hydrogen-bond donors (Lipinski definition) is 2. The average Bonchev–Trinajstić information content (AvgIpc) is 3.05. The molecule has 0 saturated carbocycles. The zero-order chi connectivity index (χ0) is 18.7. The standard InChI is InChI=1S/C18H18F3N3OS/c1-2-8-25-16-10-12(5-6-23-16)14-4-3-13(11-15(14)18(19,20)21)26-9-7-24-17(26)22/h3-7,9-11,26H,2,8H2,1H3,(H2,22,24). The second-order valence-electron chi connectivity index (χ2n) is 5.61. The first-order valence-electron chi connectivity index (χ1n) is 8.00. The lowest BCUT2D eigenvalue weighted by atomic mass is 10.0. The Bertz CT molecular complexity index is 865. The molecule has 1 aromatic heterocycles. The number of halogens is 3. The first-order valence-corrected chi connectivity index (χ1v) is 9.41. The van der Waals surface area contributed by atoms with Crippen LogP contribution in [0.5, 0.6) is 5.88 Å². The highest BCUT2D eigenvalue weighted by Crippen LogP contribution is 2.45. The highest BCUT2D eigenvalue weighted by atomic mass is 32.2. The molecule has 26 heavy (non-hydrogen) atoms. The molecule has 1 aliphatic heterocycles. The first kappa shape index (κ1) is 18.3. The third-order valence-electron chi connectivity index (χ3n) is 3.76. The summed E-state index contributed by atoms with van der Waals surface area (Å²) < 4.78 is 46.5. The van der Waals surface area contributed by atoms with E-state index in [1.807, 2.05) is 6.92 Å². The Morgan fingerprint density at radius 3 is 2.65 bits per heavy atom. The van der Waals surface area contributed by atoms with Crippen LogP contribution in [0, 0.1) is 0 Å². The van der Waals surface area contributed by atoms with Crippen LogP contribution in [-0.2, 0) is 6.18 Å². The van der Waals surface area contributed by atoms with Gasteiger partial charge in [0.05, 0.1) is 12.2 Å². The molecule has 2 N–H and O–H groups in total. The van der Waals surface area contributed by atoms with Crippen LogP contribution >= 0.6 is 10.9 Å². The SMILES string of the molecule is CCCOc1cc(-c2ccc([SH]3C=CN=C3N)cc2C(F)(F)F)ccn1. The average molecular weight is 381 g/mol. The van der Waals surface area contributed by atoms with Crippen molar-refractivity contribution in [1.29, 1.82) is 0 Å². The number of benzene rings is 1. The van der Waals surface area contributed by atoms with Gasteiger partial charge < -0.3 is 10.5 Å². The summed E-state index contributed by atoms with van der Waals surface area (Å²) in [6.45, 7) is 2.40. The van der Waals surface area contributed by atoms with E-state index >= 15 is 0 Å². The molecule has 1 unspecified atom stereocenters. The number of rotatable bonds is 5. The van der Waals surface area contributed by atoms with Gasteiger partial charge in [0, 0.05) is 18.5 Å². The van der Waals surface area contributed by atoms with Crippen molar-refractivity contribution in [3.05, 3.63) is 53.7 Å². The Morgan fingerprint density at radius 2 is 2.00 bits per heavy atom. The maximum absolute atomic E-state index is 13.7. The van der Waals surface area contributed by atoms with Gasteiger partial charge >= 0.3 is 6.18 Å². The number of nitrogens with zero attached hydrogens (tertiary/aromatic N) is 2. The van der Waals surface area contributed by atoms with Gasteiger partial charge in [0.15, 0.2) is 0 Å². The monoisotopic (exact) mass is 381 g/mol. The Balaban J connectivity index is 2.04. The minimum atomic E-state index is -4.50. The predicted molar refractivity (Wildman–Crippen MR) is 98.5 cm³/mol. The van der Waals surface area contributed by atoms with Crippen molar-refractivity contribution in [2.75, 3.05) is 6.61 Å². The molecule has 1 atom stereocenters. The summed E-state index contributed by atoms with van der Waals surface area (Å²) >= 11 is 0. The number of amidine groups is 1. The van der Waals surface area contributed by atoms with Gasteiger partial charge in [-0.15, -0.1) is 10.9 Å². The number of aromatic nitrogens is 1.